The molecule has 68 valence electrons. The van der Waals surface area contributed by atoms with Crippen LogP contribution in [-0.4, -0.2) is 23.5 Å². The average Bonchev–Trinajstić information content (AvgIpc) is 1.84. The summed E-state index contributed by atoms with van der Waals surface area (Å²) in [6.45, 7) is 1.92. The molecule has 0 aromatic rings. The van der Waals surface area contributed by atoms with Crippen molar-refractivity contribution in [3.05, 3.63) is 0 Å². The topological polar surface area (TPSA) is 63.6 Å². The zero-order valence-electron chi connectivity index (χ0n) is 6.16. The van der Waals surface area contributed by atoms with Crippen LogP contribution in [0.5, 0.6) is 0 Å². The number of alkyl halides is 1. The second kappa shape index (κ2) is 5.28. The fourth-order valence-corrected chi connectivity index (χ4v) is 2.02. The van der Waals surface area contributed by atoms with Gasteiger partial charge in [-0.1, -0.05) is 35.9 Å². The molecule has 0 aliphatic carbocycles. The van der Waals surface area contributed by atoms with Crippen LogP contribution in [0.25, 0.3) is 0 Å². The van der Waals surface area contributed by atoms with Gasteiger partial charge < -0.3 is 0 Å². The highest BCUT2D eigenvalue weighted by atomic mass is 127. The van der Waals surface area contributed by atoms with Crippen LogP contribution < -0.4 is 0 Å². The van der Waals surface area contributed by atoms with E-state index in [0.717, 1.165) is 6.42 Å². The molecule has 1 atom stereocenters. The monoisotopic (exact) mass is 294 g/mol. The molecule has 0 bridgehead atoms. The average molecular weight is 294 g/mol. The van der Waals surface area contributed by atoms with Crippen molar-refractivity contribution < 1.29 is 17.2 Å². The number of rotatable bonds is 5. The van der Waals surface area contributed by atoms with Gasteiger partial charge in [0.25, 0.3) is 0 Å². The van der Waals surface area contributed by atoms with E-state index in [2.05, 4.69) is 4.18 Å². The van der Waals surface area contributed by atoms with Crippen LogP contribution >= 0.6 is 22.6 Å². The van der Waals surface area contributed by atoms with Crippen molar-refractivity contribution in [2.24, 2.45) is 0 Å². The van der Waals surface area contributed by atoms with E-state index in [1.807, 2.05) is 29.5 Å². The van der Waals surface area contributed by atoms with E-state index in [-0.39, 0.29) is 0 Å². The van der Waals surface area contributed by atoms with Gasteiger partial charge >= 0.3 is 10.4 Å². The zero-order chi connectivity index (χ0) is 8.91. The summed E-state index contributed by atoms with van der Waals surface area (Å²) < 4.78 is 33.6. The van der Waals surface area contributed by atoms with Gasteiger partial charge in [-0.05, 0) is 6.42 Å². The summed E-state index contributed by atoms with van der Waals surface area (Å²) >= 11 is 2.01. The van der Waals surface area contributed by atoms with E-state index in [9.17, 15) is 8.42 Å². The summed E-state index contributed by atoms with van der Waals surface area (Å²) in [5.74, 6) is 0. The van der Waals surface area contributed by atoms with E-state index in [4.69, 9.17) is 4.55 Å². The smallest absolute Gasteiger partial charge is 0.264 e. The van der Waals surface area contributed by atoms with Gasteiger partial charge in [-0.15, -0.1) is 0 Å². The highest BCUT2D eigenvalue weighted by Crippen LogP contribution is 2.08. The number of halogens is 1. The van der Waals surface area contributed by atoms with Crippen molar-refractivity contribution in [3.63, 3.8) is 0 Å². The van der Waals surface area contributed by atoms with Crippen LogP contribution in [-0.2, 0) is 14.6 Å². The van der Waals surface area contributed by atoms with E-state index in [1.165, 1.54) is 0 Å². The molecule has 11 heavy (non-hydrogen) atoms. The summed E-state index contributed by atoms with van der Waals surface area (Å²) in [6, 6.07) is 0. The van der Waals surface area contributed by atoms with Gasteiger partial charge in [-0.2, -0.15) is 8.42 Å². The van der Waals surface area contributed by atoms with Crippen LogP contribution in [0.3, 0.4) is 0 Å². The van der Waals surface area contributed by atoms with Crippen molar-refractivity contribution in [1.82, 2.24) is 0 Å². The summed E-state index contributed by atoms with van der Waals surface area (Å²) in [5.41, 5.74) is 0. The normalized spacial score (nSPS) is 14.8. The minimum atomic E-state index is -4.26. The van der Waals surface area contributed by atoms with Crippen molar-refractivity contribution >= 4 is 33.0 Å². The van der Waals surface area contributed by atoms with Gasteiger partial charge in [0.1, 0.15) is 0 Å². The fraction of sp³-hybridized carbons (Fsp3) is 1.00. The minimum absolute atomic E-state index is 0.393. The Kier molecular flexibility index (Phi) is 5.57. The maximum absolute atomic E-state index is 10.2. The van der Waals surface area contributed by atoms with Gasteiger partial charge in [-0.3, -0.25) is 4.55 Å². The highest BCUT2D eigenvalue weighted by Gasteiger charge is 2.14. The lowest BCUT2D eigenvalue weighted by Gasteiger charge is -2.09. The molecular formula is C5H11IO4S. The largest absolute Gasteiger partial charge is 0.397 e. The van der Waals surface area contributed by atoms with Gasteiger partial charge in [0.05, 0.1) is 6.10 Å². The lowest BCUT2D eigenvalue weighted by atomic mass is 10.2. The molecule has 0 rings (SSSR count). The van der Waals surface area contributed by atoms with E-state index in [0.29, 0.717) is 10.8 Å². The molecule has 0 fully saturated rings. The Morgan fingerprint density at radius 3 is 2.45 bits per heavy atom. The number of hydrogen-bond acceptors (Lipinski definition) is 3. The summed E-state index contributed by atoms with van der Waals surface area (Å²) in [4.78, 5) is 0. The molecule has 0 aliphatic heterocycles. The molecule has 0 heterocycles. The molecule has 0 spiro atoms. The number of hydrogen-bond donors (Lipinski definition) is 1. The Labute approximate surface area is 80.4 Å². The molecule has 0 aromatic carbocycles. The second-order valence-corrected chi connectivity index (χ2v) is 4.02. The van der Waals surface area contributed by atoms with Gasteiger partial charge in [0.2, 0.25) is 0 Å². The zero-order valence-corrected chi connectivity index (χ0v) is 9.13. The maximum atomic E-state index is 10.2. The molecule has 4 nitrogen and oxygen atoms in total. The third-order valence-corrected chi connectivity index (χ3v) is 2.54. The first-order valence-electron chi connectivity index (χ1n) is 3.21. The van der Waals surface area contributed by atoms with Gasteiger partial charge in [0, 0.05) is 4.43 Å². The van der Waals surface area contributed by atoms with Crippen LogP contribution in [0.1, 0.15) is 19.8 Å². The third-order valence-electron chi connectivity index (χ3n) is 1.04. The molecule has 0 aromatic heterocycles. The van der Waals surface area contributed by atoms with Crippen LogP contribution in [0, 0.1) is 0 Å². The predicted octanol–water partition coefficient (Wildman–Crippen LogP) is 1.41. The van der Waals surface area contributed by atoms with Crippen LogP contribution in [0.15, 0.2) is 0 Å². The Balaban J connectivity index is 3.88. The summed E-state index contributed by atoms with van der Waals surface area (Å²) in [5, 5.41) is 0. The van der Waals surface area contributed by atoms with Gasteiger partial charge in [0.15, 0.2) is 0 Å². The van der Waals surface area contributed by atoms with E-state index in [1.54, 1.807) is 0 Å². The lowest BCUT2D eigenvalue weighted by molar-refractivity contribution is 0.194. The Morgan fingerprint density at radius 1 is 1.64 bits per heavy atom. The predicted molar refractivity (Wildman–Crippen MR) is 50.2 cm³/mol. The van der Waals surface area contributed by atoms with Crippen molar-refractivity contribution in [2.45, 2.75) is 25.9 Å². The fourth-order valence-electron chi connectivity index (χ4n) is 0.645. The molecule has 6 heteroatoms. The van der Waals surface area contributed by atoms with E-state index >= 15 is 0 Å². The molecule has 0 aliphatic rings. The third kappa shape index (κ3) is 6.98. The first kappa shape index (κ1) is 11.6. The first-order chi connectivity index (χ1) is 4.99. The molecule has 0 radical (unpaired) electrons. The Hall–Kier alpha value is 0.600. The lowest BCUT2D eigenvalue weighted by Crippen LogP contribution is -2.18. The Bertz CT molecular complexity index is 189. The first-order valence-corrected chi connectivity index (χ1v) is 6.10. The minimum Gasteiger partial charge on any atom is -0.264 e. The Morgan fingerprint density at radius 2 is 2.18 bits per heavy atom. The molecule has 1 unspecified atom stereocenters. The maximum Gasteiger partial charge on any atom is 0.397 e. The summed E-state index contributed by atoms with van der Waals surface area (Å²) in [7, 11) is -4.26. The van der Waals surface area contributed by atoms with Crippen molar-refractivity contribution in [2.75, 3.05) is 4.43 Å². The molecular weight excluding hydrogens is 283 g/mol. The quantitative estimate of drug-likeness (QED) is 0.473. The SMILES string of the molecule is CCCC(CI)OS(=O)(=O)O. The molecule has 0 amide bonds. The van der Waals surface area contributed by atoms with Crippen molar-refractivity contribution in [3.8, 4) is 0 Å². The second-order valence-electron chi connectivity index (χ2n) is 2.09. The van der Waals surface area contributed by atoms with Crippen molar-refractivity contribution in [1.29, 1.82) is 0 Å². The highest BCUT2D eigenvalue weighted by molar-refractivity contribution is 14.1. The molecule has 1 N–H and O–H groups in total. The van der Waals surface area contributed by atoms with Crippen LogP contribution in [0.4, 0.5) is 0 Å². The van der Waals surface area contributed by atoms with Crippen LogP contribution in [0.2, 0.25) is 0 Å². The molecule has 0 saturated carbocycles. The standard InChI is InChI=1S/C5H11IO4S/c1-2-3-5(4-6)10-11(7,8)9/h5H,2-4H2,1H3,(H,7,8,9). The summed E-state index contributed by atoms with van der Waals surface area (Å²) in [6.07, 6.45) is 1.09. The van der Waals surface area contributed by atoms with Gasteiger partial charge in [-0.25, -0.2) is 4.18 Å². The molecule has 0 saturated heterocycles. The van der Waals surface area contributed by atoms with E-state index < -0.39 is 16.5 Å².